The number of ether oxygens (including phenoxy) is 2. The van der Waals surface area contributed by atoms with E-state index in [1.165, 1.54) is 12.1 Å². The Morgan fingerprint density at radius 2 is 1.82 bits per heavy atom. The Morgan fingerprint density at radius 3 is 2.47 bits per heavy atom. The lowest BCUT2D eigenvalue weighted by Crippen LogP contribution is -2.44. The average molecular weight is 472 g/mol. The molecule has 0 atom stereocenters. The molecule has 0 radical (unpaired) electrons. The summed E-state index contributed by atoms with van der Waals surface area (Å²) < 4.78 is 27.2. The minimum absolute atomic E-state index is 0.0502. The van der Waals surface area contributed by atoms with Crippen molar-refractivity contribution in [2.24, 2.45) is 0 Å². The van der Waals surface area contributed by atoms with Crippen LogP contribution in [0.4, 0.5) is 15.0 Å². The molecule has 10 nitrogen and oxygen atoms in total. The van der Waals surface area contributed by atoms with Gasteiger partial charge < -0.3 is 20.1 Å². The Labute approximate surface area is 194 Å². The van der Waals surface area contributed by atoms with Crippen molar-refractivity contribution in [3.8, 4) is 11.4 Å². The fourth-order valence-corrected chi connectivity index (χ4v) is 3.98. The number of aromatic nitrogens is 1. The average Bonchev–Trinajstić information content (AvgIpc) is 3.02. The van der Waals surface area contributed by atoms with Gasteiger partial charge in [0.15, 0.2) is 5.82 Å². The fraction of sp³-hybridized carbons (Fsp3) is 0.391. The van der Waals surface area contributed by atoms with Crippen LogP contribution in [0, 0.1) is 5.82 Å². The van der Waals surface area contributed by atoms with Crippen LogP contribution in [-0.2, 0) is 4.74 Å². The number of carbonyl (C=O) groups excluding carboxylic acids is 3. The number of pyridine rings is 1. The Kier molecular flexibility index (Phi) is 5.80. The van der Waals surface area contributed by atoms with Crippen molar-refractivity contribution >= 4 is 23.7 Å². The van der Waals surface area contributed by atoms with Crippen molar-refractivity contribution in [2.75, 3.05) is 18.8 Å². The first kappa shape index (κ1) is 23.3. The maximum absolute atomic E-state index is 15.0. The van der Waals surface area contributed by atoms with Crippen LogP contribution >= 0.6 is 0 Å². The lowest BCUT2D eigenvalue weighted by molar-refractivity contribution is 0.0126. The van der Waals surface area contributed by atoms with Crippen LogP contribution in [0.2, 0.25) is 0 Å². The van der Waals surface area contributed by atoms with Gasteiger partial charge in [0.2, 0.25) is 0 Å². The number of para-hydroxylation sites is 1. The maximum atomic E-state index is 15.0. The number of nitrogen functional groups attached to an aromatic ring is 1. The number of likely N-dealkylation sites (tertiary alicyclic amines) is 1. The molecular formula is C23H25FN4O6. The number of fused-ring (bicyclic) bond motifs is 1. The second kappa shape index (κ2) is 8.47. The number of benzene rings is 1. The molecule has 2 aliphatic rings. The van der Waals surface area contributed by atoms with E-state index < -0.39 is 34.9 Å². The number of nitrogens with one attached hydrogen (secondary N) is 1. The van der Waals surface area contributed by atoms with Crippen molar-refractivity contribution in [2.45, 2.75) is 45.3 Å². The van der Waals surface area contributed by atoms with E-state index in [0.717, 1.165) is 16.7 Å². The van der Waals surface area contributed by atoms with E-state index in [0.29, 0.717) is 25.9 Å². The monoisotopic (exact) mass is 472 g/mol. The number of hydrogen-bond acceptors (Lipinski definition) is 7. The van der Waals surface area contributed by atoms with Gasteiger partial charge in [-0.05, 0) is 32.9 Å². The molecule has 0 aliphatic carbocycles. The lowest BCUT2D eigenvalue weighted by atomic mass is 10.1. The molecule has 3 heterocycles. The fourth-order valence-electron chi connectivity index (χ4n) is 3.98. The minimum atomic E-state index is -0.790. The molecule has 0 spiro atoms. The summed E-state index contributed by atoms with van der Waals surface area (Å²) in [7, 11) is 0. The molecule has 2 aliphatic heterocycles. The first-order valence-electron chi connectivity index (χ1n) is 10.8. The number of hydrogen-bond donors (Lipinski definition) is 2. The van der Waals surface area contributed by atoms with Gasteiger partial charge in [-0.15, -0.1) is 0 Å². The third-order valence-electron chi connectivity index (χ3n) is 5.51. The number of anilines is 1. The van der Waals surface area contributed by atoms with Crippen LogP contribution in [0.1, 0.15) is 54.3 Å². The Morgan fingerprint density at radius 1 is 1.15 bits per heavy atom. The van der Waals surface area contributed by atoms with Gasteiger partial charge in [-0.25, -0.2) is 9.18 Å². The zero-order chi connectivity index (χ0) is 24.8. The SMILES string of the molecule is CC(C)(C)OC(=O)N1CCC(Oc2cccc(F)c2-n2c(N)c3c(cc2=O)C(=O)NC3=O)CC1. The van der Waals surface area contributed by atoms with E-state index in [4.69, 9.17) is 15.2 Å². The highest BCUT2D eigenvalue weighted by molar-refractivity contribution is 6.23. The number of imide groups is 1. The molecule has 1 saturated heterocycles. The number of nitrogens with zero attached hydrogens (tertiary/aromatic N) is 2. The zero-order valence-electron chi connectivity index (χ0n) is 19.0. The molecule has 4 rings (SSSR count). The summed E-state index contributed by atoms with van der Waals surface area (Å²) in [5.41, 5.74) is 4.07. The van der Waals surface area contributed by atoms with Crippen molar-refractivity contribution in [3.63, 3.8) is 0 Å². The van der Waals surface area contributed by atoms with E-state index in [1.54, 1.807) is 25.7 Å². The molecule has 1 aromatic heterocycles. The van der Waals surface area contributed by atoms with Gasteiger partial charge in [0, 0.05) is 32.0 Å². The molecule has 3 N–H and O–H groups in total. The van der Waals surface area contributed by atoms with Crippen LogP contribution in [0.5, 0.6) is 5.75 Å². The molecule has 0 unspecified atom stereocenters. The van der Waals surface area contributed by atoms with Crippen molar-refractivity contribution < 1.29 is 28.2 Å². The molecule has 1 aromatic carbocycles. The van der Waals surface area contributed by atoms with Gasteiger partial charge in [0.25, 0.3) is 17.4 Å². The standard InChI is InChI=1S/C23H25FN4O6/c1-23(2,3)34-22(32)27-9-7-12(8-10-27)33-15-6-4-5-14(24)18(15)28-16(29)11-13-17(19(28)25)21(31)26-20(13)30/h4-6,11-12H,7-10,25H2,1-3H3,(H,26,30,31). The van der Waals surface area contributed by atoms with E-state index in [9.17, 15) is 23.6 Å². The smallest absolute Gasteiger partial charge is 0.410 e. The Balaban J connectivity index is 1.60. The van der Waals surface area contributed by atoms with E-state index in [1.807, 2.05) is 0 Å². The number of piperidine rings is 1. The first-order chi connectivity index (χ1) is 16.0. The van der Waals surface area contributed by atoms with Crippen molar-refractivity contribution in [3.05, 3.63) is 51.6 Å². The Bertz CT molecular complexity index is 1240. The van der Waals surface area contributed by atoms with Crippen molar-refractivity contribution in [1.82, 2.24) is 14.8 Å². The van der Waals surface area contributed by atoms with Gasteiger partial charge in [-0.1, -0.05) is 6.07 Å². The summed E-state index contributed by atoms with van der Waals surface area (Å²) in [6, 6.07) is 5.00. The maximum Gasteiger partial charge on any atom is 0.410 e. The normalized spacial score (nSPS) is 16.3. The zero-order valence-corrected chi connectivity index (χ0v) is 19.0. The second-order valence-corrected chi connectivity index (χ2v) is 9.15. The third-order valence-corrected chi connectivity index (χ3v) is 5.51. The highest BCUT2D eigenvalue weighted by atomic mass is 19.1. The van der Waals surface area contributed by atoms with Gasteiger partial charge in [-0.2, -0.15) is 0 Å². The summed E-state index contributed by atoms with van der Waals surface area (Å²) in [6.07, 6.45) is 0.139. The Hall–Kier alpha value is -3.89. The van der Waals surface area contributed by atoms with E-state index in [-0.39, 0.29) is 34.5 Å². The summed E-state index contributed by atoms with van der Waals surface area (Å²) >= 11 is 0. The van der Waals surface area contributed by atoms with Crippen molar-refractivity contribution in [1.29, 1.82) is 0 Å². The van der Waals surface area contributed by atoms with Crippen LogP contribution in [-0.4, -0.2) is 52.2 Å². The van der Waals surface area contributed by atoms with E-state index in [2.05, 4.69) is 5.32 Å². The molecular weight excluding hydrogens is 447 g/mol. The topological polar surface area (TPSA) is 133 Å². The highest BCUT2D eigenvalue weighted by Gasteiger charge is 2.33. The molecule has 3 amide bonds. The largest absolute Gasteiger partial charge is 0.488 e. The number of amides is 3. The molecule has 0 saturated carbocycles. The number of halogens is 1. The molecule has 180 valence electrons. The van der Waals surface area contributed by atoms with Crippen LogP contribution in [0.25, 0.3) is 5.69 Å². The second-order valence-electron chi connectivity index (χ2n) is 9.15. The van der Waals surface area contributed by atoms with Crippen LogP contribution in [0.3, 0.4) is 0 Å². The molecule has 34 heavy (non-hydrogen) atoms. The number of rotatable bonds is 3. The van der Waals surface area contributed by atoms with Gasteiger partial charge >= 0.3 is 6.09 Å². The van der Waals surface area contributed by atoms with Crippen LogP contribution < -0.4 is 21.3 Å². The highest BCUT2D eigenvalue weighted by Crippen LogP contribution is 2.32. The van der Waals surface area contributed by atoms with Crippen LogP contribution in [0.15, 0.2) is 29.1 Å². The number of nitrogens with two attached hydrogens (primary N) is 1. The molecule has 2 aromatic rings. The molecule has 1 fully saturated rings. The predicted octanol–water partition coefficient (Wildman–Crippen LogP) is 2.22. The minimum Gasteiger partial charge on any atom is -0.488 e. The summed E-state index contributed by atoms with van der Waals surface area (Å²) in [5.74, 6) is -2.60. The van der Waals surface area contributed by atoms with E-state index >= 15 is 0 Å². The third kappa shape index (κ3) is 4.33. The quantitative estimate of drug-likeness (QED) is 0.655. The predicted molar refractivity (Wildman–Crippen MR) is 120 cm³/mol. The lowest BCUT2D eigenvalue weighted by Gasteiger charge is -2.33. The number of carbonyl (C=O) groups is 3. The van der Waals surface area contributed by atoms with Gasteiger partial charge in [0.1, 0.15) is 29.0 Å². The molecule has 11 heteroatoms. The summed E-state index contributed by atoms with van der Waals surface area (Å²) in [6.45, 7) is 6.13. The molecule has 0 bridgehead atoms. The summed E-state index contributed by atoms with van der Waals surface area (Å²) in [4.78, 5) is 50.7. The van der Waals surface area contributed by atoms with Gasteiger partial charge in [0.05, 0.1) is 11.1 Å². The van der Waals surface area contributed by atoms with Gasteiger partial charge in [-0.3, -0.25) is 24.3 Å². The summed E-state index contributed by atoms with van der Waals surface area (Å²) in [5, 5.41) is 2.07. The first-order valence-corrected chi connectivity index (χ1v) is 10.8.